The van der Waals surface area contributed by atoms with Gasteiger partial charge in [-0.25, -0.2) is 0 Å². The van der Waals surface area contributed by atoms with Crippen molar-refractivity contribution in [1.82, 2.24) is 10.3 Å². The van der Waals surface area contributed by atoms with E-state index in [0.29, 0.717) is 23.0 Å². The van der Waals surface area contributed by atoms with Crippen LogP contribution in [0, 0.1) is 0 Å². The Morgan fingerprint density at radius 3 is 2.71 bits per heavy atom. The summed E-state index contributed by atoms with van der Waals surface area (Å²) in [5.74, 6) is -0.0217. The highest BCUT2D eigenvalue weighted by atomic mass is 35.5. The van der Waals surface area contributed by atoms with Gasteiger partial charge in [-0.05, 0) is 42.8 Å². The smallest absolute Gasteiger partial charge is 0.248 e. The Labute approximate surface area is 150 Å². The van der Waals surface area contributed by atoms with Gasteiger partial charge < -0.3 is 10.6 Å². The number of amides is 1. The average molecular weight is 362 g/mol. The molecule has 6 heteroatoms. The number of nitrogens with one attached hydrogen (secondary N) is 2. The van der Waals surface area contributed by atoms with Crippen molar-refractivity contribution in [2.75, 3.05) is 11.9 Å². The van der Waals surface area contributed by atoms with Gasteiger partial charge in [-0.1, -0.05) is 23.2 Å². The van der Waals surface area contributed by atoms with Crippen LogP contribution in [0.15, 0.2) is 47.8 Å². The van der Waals surface area contributed by atoms with Crippen molar-refractivity contribution < 1.29 is 4.79 Å². The normalized spacial score (nSPS) is 14.5. The van der Waals surface area contributed by atoms with Gasteiger partial charge in [-0.3, -0.25) is 9.78 Å². The number of nitrogens with zero attached hydrogens (tertiary/aromatic N) is 1. The van der Waals surface area contributed by atoms with E-state index in [1.807, 2.05) is 31.2 Å². The number of hydrogen-bond acceptors (Lipinski definition) is 3. The topological polar surface area (TPSA) is 54.0 Å². The number of carbonyl (C=O) groups is 1. The molecular weight excluding hydrogens is 345 g/mol. The first-order valence-corrected chi connectivity index (χ1v) is 8.42. The molecule has 124 valence electrons. The van der Waals surface area contributed by atoms with Crippen molar-refractivity contribution in [3.63, 3.8) is 0 Å². The molecule has 0 unspecified atom stereocenters. The Balaban J connectivity index is 1.79. The van der Waals surface area contributed by atoms with Crippen molar-refractivity contribution in [2.24, 2.45) is 0 Å². The summed E-state index contributed by atoms with van der Waals surface area (Å²) >= 11 is 12.1. The molecule has 0 atom stereocenters. The molecule has 1 aliphatic heterocycles. The first-order chi connectivity index (χ1) is 11.5. The molecule has 0 saturated heterocycles. The molecule has 1 aromatic heterocycles. The lowest BCUT2D eigenvalue weighted by molar-refractivity contribution is -0.117. The number of aromatic nitrogens is 1. The standard InChI is InChI=1S/C18H17Cl2N3O/c1-11-17(3-5-22-18(11)24)23-15-2-4-21-16(10-15)8-12-6-13(19)9-14(20)7-12/h2,4,6-7,9-10H,3,5,8H2,1H3,(H,21,23)(H,22,24). The number of carbonyl (C=O) groups excluding carboxylic acids is 1. The van der Waals surface area contributed by atoms with Gasteiger partial charge in [0.25, 0.3) is 0 Å². The fourth-order valence-corrected chi connectivity index (χ4v) is 3.23. The summed E-state index contributed by atoms with van der Waals surface area (Å²) in [6, 6.07) is 9.34. The van der Waals surface area contributed by atoms with Crippen LogP contribution in [0.25, 0.3) is 0 Å². The second-order valence-electron chi connectivity index (χ2n) is 5.72. The lowest BCUT2D eigenvalue weighted by atomic mass is 10.1. The Morgan fingerprint density at radius 1 is 1.21 bits per heavy atom. The molecule has 1 amide bonds. The van der Waals surface area contributed by atoms with Crippen LogP contribution in [0.2, 0.25) is 10.0 Å². The molecule has 0 saturated carbocycles. The monoisotopic (exact) mass is 361 g/mol. The average Bonchev–Trinajstić information content (AvgIpc) is 2.51. The SMILES string of the molecule is CC1=C(Nc2ccnc(Cc3cc(Cl)cc(Cl)c3)c2)CCNC1=O. The number of rotatable bonds is 4. The third-order valence-corrected chi connectivity index (χ3v) is 4.31. The molecule has 0 bridgehead atoms. The summed E-state index contributed by atoms with van der Waals surface area (Å²) < 4.78 is 0. The van der Waals surface area contributed by atoms with Crippen molar-refractivity contribution in [2.45, 2.75) is 19.8 Å². The van der Waals surface area contributed by atoms with Gasteiger partial charge in [0.1, 0.15) is 0 Å². The number of anilines is 1. The third kappa shape index (κ3) is 4.08. The Morgan fingerprint density at radius 2 is 1.96 bits per heavy atom. The lowest BCUT2D eigenvalue weighted by Crippen LogP contribution is -2.32. The maximum Gasteiger partial charge on any atom is 0.248 e. The summed E-state index contributed by atoms with van der Waals surface area (Å²) in [6.45, 7) is 2.48. The van der Waals surface area contributed by atoms with Crippen molar-refractivity contribution in [3.05, 3.63) is 69.1 Å². The quantitative estimate of drug-likeness (QED) is 0.858. The maximum absolute atomic E-state index is 11.7. The summed E-state index contributed by atoms with van der Waals surface area (Å²) in [7, 11) is 0. The fourth-order valence-electron chi connectivity index (χ4n) is 2.66. The van der Waals surface area contributed by atoms with Gasteiger partial charge in [0.05, 0.1) is 0 Å². The molecule has 1 aliphatic rings. The van der Waals surface area contributed by atoms with Crippen LogP contribution in [0.1, 0.15) is 24.6 Å². The summed E-state index contributed by atoms with van der Waals surface area (Å²) in [5, 5.41) is 7.39. The molecule has 3 rings (SSSR count). The van der Waals surface area contributed by atoms with Gasteiger partial charge >= 0.3 is 0 Å². The van der Waals surface area contributed by atoms with Crippen molar-refractivity contribution >= 4 is 34.8 Å². The Bertz CT molecular complexity index is 797. The fraction of sp³-hybridized carbons (Fsp3) is 0.222. The molecule has 2 heterocycles. The molecule has 0 aliphatic carbocycles. The minimum Gasteiger partial charge on any atom is -0.358 e. The number of benzene rings is 1. The predicted molar refractivity (Wildman–Crippen MR) is 97.5 cm³/mol. The predicted octanol–water partition coefficient (Wildman–Crippen LogP) is 4.19. The van der Waals surface area contributed by atoms with E-state index in [9.17, 15) is 4.79 Å². The van der Waals surface area contributed by atoms with Crippen LogP contribution in [0.3, 0.4) is 0 Å². The van der Waals surface area contributed by atoms with Crippen molar-refractivity contribution in [3.8, 4) is 0 Å². The van der Waals surface area contributed by atoms with Gasteiger partial charge in [-0.15, -0.1) is 0 Å². The van der Waals surface area contributed by atoms with E-state index < -0.39 is 0 Å². The van der Waals surface area contributed by atoms with E-state index in [0.717, 1.165) is 34.6 Å². The Kier molecular flexibility index (Phi) is 5.07. The van der Waals surface area contributed by atoms with Gasteiger partial charge in [0, 0.05) is 58.3 Å². The van der Waals surface area contributed by atoms with Crippen LogP contribution < -0.4 is 10.6 Å². The molecule has 0 radical (unpaired) electrons. The first kappa shape index (κ1) is 16.8. The second kappa shape index (κ2) is 7.24. The first-order valence-electron chi connectivity index (χ1n) is 7.66. The number of hydrogen-bond donors (Lipinski definition) is 2. The highest BCUT2D eigenvalue weighted by Gasteiger charge is 2.16. The van der Waals surface area contributed by atoms with Crippen molar-refractivity contribution in [1.29, 1.82) is 0 Å². The molecule has 2 aromatic rings. The highest BCUT2D eigenvalue weighted by molar-refractivity contribution is 6.34. The minimum absolute atomic E-state index is 0.0217. The molecule has 2 N–H and O–H groups in total. The van der Waals surface area contributed by atoms with Gasteiger partial charge in [0.15, 0.2) is 0 Å². The molecule has 24 heavy (non-hydrogen) atoms. The molecular formula is C18H17Cl2N3O. The van der Waals surface area contributed by atoms with Crippen LogP contribution in [-0.2, 0) is 11.2 Å². The largest absolute Gasteiger partial charge is 0.358 e. The lowest BCUT2D eigenvalue weighted by Gasteiger charge is -2.20. The van der Waals surface area contributed by atoms with E-state index in [-0.39, 0.29) is 5.91 Å². The van der Waals surface area contributed by atoms with E-state index in [2.05, 4.69) is 15.6 Å². The third-order valence-electron chi connectivity index (χ3n) is 3.87. The summed E-state index contributed by atoms with van der Waals surface area (Å²) in [5.41, 5.74) is 4.49. The van der Waals surface area contributed by atoms with Crippen LogP contribution in [0.5, 0.6) is 0 Å². The molecule has 1 aromatic carbocycles. The summed E-state index contributed by atoms with van der Waals surface area (Å²) in [4.78, 5) is 16.1. The van der Waals surface area contributed by atoms with E-state index >= 15 is 0 Å². The molecule has 0 fully saturated rings. The number of halogens is 2. The highest BCUT2D eigenvalue weighted by Crippen LogP contribution is 2.22. The second-order valence-corrected chi connectivity index (χ2v) is 6.60. The number of pyridine rings is 1. The van der Waals surface area contributed by atoms with E-state index in [1.165, 1.54) is 0 Å². The van der Waals surface area contributed by atoms with Gasteiger partial charge in [0.2, 0.25) is 5.91 Å². The van der Waals surface area contributed by atoms with E-state index in [1.54, 1.807) is 12.3 Å². The van der Waals surface area contributed by atoms with Gasteiger partial charge in [-0.2, -0.15) is 0 Å². The molecule has 0 spiro atoms. The summed E-state index contributed by atoms with van der Waals surface area (Å²) in [6.07, 6.45) is 3.18. The zero-order valence-corrected chi connectivity index (χ0v) is 14.7. The maximum atomic E-state index is 11.7. The van der Waals surface area contributed by atoms with Crippen LogP contribution >= 0.6 is 23.2 Å². The Hall–Kier alpha value is -2.04. The molecule has 4 nitrogen and oxygen atoms in total. The van der Waals surface area contributed by atoms with Crippen LogP contribution in [-0.4, -0.2) is 17.4 Å². The van der Waals surface area contributed by atoms with E-state index in [4.69, 9.17) is 23.2 Å². The minimum atomic E-state index is -0.0217. The zero-order valence-electron chi connectivity index (χ0n) is 13.2. The zero-order chi connectivity index (χ0) is 17.1. The van der Waals surface area contributed by atoms with Crippen LogP contribution in [0.4, 0.5) is 5.69 Å².